The molecule has 0 heterocycles. The molecule has 6 heteroatoms. The zero-order valence-electron chi connectivity index (χ0n) is 12.0. The molecule has 0 radical (unpaired) electrons. The van der Waals surface area contributed by atoms with E-state index in [1.807, 2.05) is 6.92 Å². The van der Waals surface area contributed by atoms with Gasteiger partial charge < -0.3 is 10.6 Å². The van der Waals surface area contributed by atoms with E-state index in [0.29, 0.717) is 21.8 Å². The molecule has 0 unspecified atom stereocenters. The lowest BCUT2D eigenvalue weighted by atomic mass is 10.1. The van der Waals surface area contributed by atoms with E-state index in [1.165, 1.54) is 0 Å². The fraction of sp³-hybridized carbons (Fsp3) is 0.125. The third-order valence-electron chi connectivity index (χ3n) is 3.15. The molecular formula is C16H14BrClN2O2. The Balaban J connectivity index is 2.32. The predicted molar refractivity (Wildman–Crippen MR) is 91.7 cm³/mol. The van der Waals surface area contributed by atoms with Gasteiger partial charge in [-0.2, -0.15) is 0 Å². The molecule has 2 rings (SSSR count). The first-order chi connectivity index (χ1) is 10.4. The molecule has 4 nitrogen and oxygen atoms in total. The van der Waals surface area contributed by atoms with Crippen molar-refractivity contribution in [2.75, 3.05) is 12.4 Å². The van der Waals surface area contributed by atoms with Gasteiger partial charge in [0.05, 0.1) is 10.6 Å². The Kier molecular flexibility index (Phi) is 5.21. The molecule has 22 heavy (non-hydrogen) atoms. The molecule has 2 aromatic carbocycles. The number of aryl methyl sites for hydroxylation is 1. The van der Waals surface area contributed by atoms with Crippen LogP contribution in [0, 0.1) is 6.92 Å². The normalized spacial score (nSPS) is 10.2. The first-order valence-electron chi connectivity index (χ1n) is 6.51. The van der Waals surface area contributed by atoms with E-state index in [1.54, 1.807) is 43.4 Å². The van der Waals surface area contributed by atoms with E-state index < -0.39 is 0 Å². The van der Waals surface area contributed by atoms with Crippen LogP contribution in [-0.2, 0) is 0 Å². The third-order valence-corrected chi connectivity index (χ3v) is 3.97. The lowest BCUT2D eigenvalue weighted by Crippen LogP contribution is -2.19. The molecule has 0 aliphatic heterocycles. The summed E-state index contributed by atoms with van der Waals surface area (Å²) in [5.41, 5.74) is 2.26. The first-order valence-corrected chi connectivity index (χ1v) is 7.68. The van der Waals surface area contributed by atoms with Crippen LogP contribution < -0.4 is 10.6 Å². The van der Waals surface area contributed by atoms with Crippen LogP contribution in [0.2, 0.25) is 5.02 Å². The molecule has 0 spiro atoms. The monoisotopic (exact) mass is 380 g/mol. The Labute approximate surface area is 142 Å². The number of amides is 2. The molecule has 114 valence electrons. The van der Waals surface area contributed by atoms with Gasteiger partial charge in [-0.05, 0) is 42.8 Å². The highest BCUT2D eigenvalue weighted by molar-refractivity contribution is 9.10. The zero-order valence-corrected chi connectivity index (χ0v) is 14.4. The molecule has 0 fully saturated rings. The van der Waals surface area contributed by atoms with Gasteiger partial charge in [0.25, 0.3) is 11.8 Å². The van der Waals surface area contributed by atoms with Crippen molar-refractivity contribution in [3.63, 3.8) is 0 Å². The van der Waals surface area contributed by atoms with Gasteiger partial charge >= 0.3 is 0 Å². The minimum Gasteiger partial charge on any atom is -0.355 e. The van der Waals surface area contributed by atoms with Gasteiger partial charge in [0.1, 0.15) is 0 Å². The topological polar surface area (TPSA) is 58.2 Å². The second-order valence-corrected chi connectivity index (χ2v) is 6.01. The van der Waals surface area contributed by atoms with Gasteiger partial charge in [0.15, 0.2) is 0 Å². The predicted octanol–water partition coefficient (Wildman–Crippen LogP) is 4.02. The molecule has 0 aliphatic rings. The fourth-order valence-corrected chi connectivity index (χ4v) is 2.47. The summed E-state index contributed by atoms with van der Waals surface area (Å²) >= 11 is 9.37. The molecule has 0 saturated carbocycles. The Morgan fingerprint density at radius 3 is 2.50 bits per heavy atom. The molecule has 2 amide bonds. The highest BCUT2D eigenvalue weighted by Gasteiger charge is 2.13. The van der Waals surface area contributed by atoms with Crippen molar-refractivity contribution in [2.45, 2.75) is 6.92 Å². The maximum Gasteiger partial charge on any atom is 0.257 e. The van der Waals surface area contributed by atoms with Gasteiger partial charge in [-0.3, -0.25) is 9.59 Å². The number of carbonyl (C=O) groups excluding carboxylic acids is 2. The SMILES string of the molecule is CNC(=O)c1ccc(C)c(NC(=O)c2cc(Br)ccc2Cl)c1. The molecule has 0 saturated heterocycles. The third kappa shape index (κ3) is 3.67. The van der Waals surface area contributed by atoms with E-state index in [0.717, 1.165) is 10.0 Å². The summed E-state index contributed by atoms with van der Waals surface area (Å²) in [6.07, 6.45) is 0. The molecular weight excluding hydrogens is 368 g/mol. The van der Waals surface area contributed by atoms with Gasteiger partial charge in [0, 0.05) is 22.8 Å². The van der Waals surface area contributed by atoms with Crippen molar-refractivity contribution in [3.8, 4) is 0 Å². The van der Waals surface area contributed by atoms with Crippen LogP contribution in [0.5, 0.6) is 0 Å². The highest BCUT2D eigenvalue weighted by Crippen LogP contribution is 2.23. The van der Waals surface area contributed by atoms with Crippen LogP contribution in [-0.4, -0.2) is 18.9 Å². The fourth-order valence-electron chi connectivity index (χ4n) is 1.90. The first kappa shape index (κ1) is 16.5. The van der Waals surface area contributed by atoms with Crippen LogP contribution in [0.1, 0.15) is 26.3 Å². The second kappa shape index (κ2) is 6.94. The summed E-state index contributed by atoms with van der Waals surface area (Å²) in [4.78, 5) is 24.1. The summed E-state index contributed by atoms with van der Waals surface area (Å²) in [5.74, 6) is -0.542. The van der Waals surface area contributed by atoms with Crippen molar-refractivity contribution in [2.24, 2.45) is 0 Å². The summed E-state index contributed by atoms with van der Waals surface area (Å²) in [6, 6.07) is 10.2. The van der Waals surface area contributed by atoms with Gasteiger partial charge in [0.2, 0.25) is 0 Å². The van der Waals surface area contributed by atoms with Crippen LogP contribution in [0.15, 0.2) is 40.9 Å². The van der Waals surface area contributed by atoms with Crippen LogP contribution >= 0.6 is 27.5 Å². The Morgan fingerprint density at radius 1 is 1.09 bits per heavy atom. The Bertz CT molecular complexity index is 747. The summed E-state index contributed by atoms with van der Waals surface area (Å²) in [5, 5.41) is 5.70. The smallest absolute Gasteiger partial charge is 0.257 e. The maximum atomic E-state index is 12.4. The molecule has 2 N–H and O–H groups in total. The molecule has 2 aromatic rings. The lowest BCUT2D eigenvalue weighted by molar-refractivity contribution is 0.0961. The average Bonchev–Trinajstić information content (AvgIpc) is 2.50. The number of rotatable bonds is 3. The number of hydrogen-bond donors (Lipinski definition) is 2. The molecule has 0 aromatic heterocycles. The van der Waals surface area contributed by atoms with Crippen molar-refractivity contribution in [1.29, 1.82) is 0 Å². The van der Waals surface area contributed by atoms with E-state index in [-0.39, 0.29) is 11.8 Å². The molecule has 0 atom stereocenters. The lowest BCUT2D eigenvalue weighted by Gasteiger charge is -2.11. The highest BCUT2D eigenvalue weighted by atomic mass is 79.9. The maximum absolute atomic E-state index is 12.4. The van der Waals surface area contributed by atoms with E-state index >= 15 is 0 Å². The Hall–Kier alpha value is -1.85. The van der Waals surface area contributed by atoms with Crippen LogP contribution in [0.25, 0.3) is 0 Å². The van der Waals surface area contributed by atoms with E-state index in [2.05, 4.69) is 26.6 Å². The number of carbonyl (C=O) groups is 2. The number of benzene rings is 2. The average molecular weight is 382 g/mol. The number of halogens is 2. The van der Waals surface area contributed by atoms with E-state index in [9.17, 15) is 9.59 Å². The van der Waals surface area contributed by atoms with Crippen molar-refractivity contribution in [1.82, 2.24) is 5.32 Å². The number of hydrogen-bond acceptors (Lipinski definition) is 2. The minimum absolute atomic E-state index is 0.212. The quantitative estimate of drug-likeness (QED) is 0.843. The summed E-state index contributed by atoms with van der Waals surface area (Å²) in [6.45, 7) is 1.85. The standard InChI is InChI=1S/C16H14BrClN2O2/c1-9-3-4-10(15(21)19-2)7-14(9)20-16(22)12-8-11(17)5-6-13(12)18/h3-8H,1-2H3,(H,19,21)(H,20,22). The van der Waals surface area contributed by atoms with Gasteiger partial charge in [-0.1, -0.05) is 33.6 Å². The van der Waals surface area contributed by atoms with Crippen LogP contribution in [0.4, 0.5) is 5.69 Å². The van der Waals surface area contributed by atoms with Crippen molar-refractivity contribution in [3.05, 3.63) is 62.6 Å². The van der Waals surface area contributed by atoms with Crippen molar-refractivity contribution >= 4 is 45.0 Å². The number of anilines is 1. The van der Waals surface area contributed by atoms with Gasteiger partial charge in [-0.15, -0.1) is 0 Å². The van der Waals surface area contributed by atoms with E-state index in [4.69, 9.17) is 11.6 Å². The largest absolute Gasteiger partial charge is 0.355 e. The van der Waals surface area contributed by atoms with Crippen molar-refractivity contribution < 1.29 is 9.59 Å². The summed E-state index contributed by atoms with van der Waals surface area (Å²) < 4.78 is 0.762. The molecule has 0 bridgehead atoms. The second-order valence-electron chi connectivity index (χ2n) is 4.69. The Morgan fingerprint density at radius 2 is 1.82 bits per heavy atom. The van der Waals surface area contributed by atoms with Crippen LogP contribution in [0.3, 0.4) is 0 Å². The number of nitrogens with one attached hydrogen (secondary N) is 2. The zero-order chi connectivity index (χ0) is 16.3. The molecule has 0 aliphatic carbocycles. The summed E-state index contributed by atoms with van der Waals surface area (Å²) in [7, 11) is 1.56. The van der Waals surface area contributed by atoms with Gasteiger partial charge in [-0.25, -0.2) is 0 Å². The minimum atomic E-state index is -0.330.